The Morgan fingerprint density at radius 3 is 2.74 bits per heavy atom. The van der Waals surface area contributed by atoms with E-state index in [1.807, 2.05) is 43.3 Å². The molecule has 0 bridgehead atoms. The molecule has 0 aliphatic heterocycles. The number of nitrogens with one attached hydrogen (secondary N) is 1. The lowest BCUT2D eigenvalue weighted by atomic mass is 10.1. The zero-order valence-corrected chi connectivity index (χ0v) is 12.5. The van der Waals surface area contributed by atoms with Gasteiger partial charge in [0.15, 0.2) is 11.5 Å². The summed E-state index contributed by atoms with van der Waals surface area (Å²) in [4.78, 5) is 12.5. The number of rotatable bonds is 5. The van der Waals surface area contributed by atoms with Gasteiger partial charge in [-0.15, -0.1) is 0 Å². The zero-order chi connectivity index (χ0) is 16.1. The van der Waals surface area contributed by atoms with E-state index < -0.39 is 0 Å². The van der Waals surface area contributed by atoms with Gasteiger partial charge in [-0.05, 0) is 12.5 Å². The average molecular weight is 306 g/mol. The van der Waals surface area contributed by atoms with Crippen LogP contribution < -0.4 is 5.32 Å². The summed E-state index contributed by atoms with van der Waals surface area (Å²) in [5, 5.41) is 15.8. The Morgan fingerprint density at radius 2 is 2.04 bits per heavy atom. The van der Waals surface area contributed by atoms with Crippen molar-refractivity contribution in [3.05, 3.63) is 65.7 Å². The van der Waals surface area contributed by atoms with Crippen molar-refractivity contribution in [3.63, 3.8) is 0 Å². The topological polar surface area (TPSA) is 101 Å². The quantitative estimate of drug-likeness (QED) is 0.772. The van der Waals surface area contributed by atoms with Crippen molar-refractivity contribution in [3.8, 4) is 6.07 Å². The molecular weight excluding hydrogens is 292 g/mol. The van der Waals surface area contributed by atoms with Crippen molar-refractivity contribution in [2.75, 3.05) is 5.32 Å². The molecule has 0 fully saturated rings. The molecule has 0 amide bonds. The first-order chi connectivity index (χ1) is 11.2. The van der Waals surface area contributed by atoms with Crippen molar-refractivity contribution in [1.82, 2.24) is 20.1 Å². The Bertz CT molecular complexity index is 807. The summed E-state index contributed by atoms with van der Waals surface area (Å²) in [5.74, 6) is 1.65. The van der Waals surface area contributed by atoms with E-state index in [9.17, 15) is 0 Å². The van der Waals surface area contributed by atoms with Gasteiger partial charge in [-0.2, -0.15) is 10.2 Å². The van der Waals surface area contributed by atoms with Crippen LogP contribution in [0.25, 0.3) is 0 Å². The Balaban J connectivity index is 1.66. The molecule has 7 nitrogen and oxygen atoms in total. The first-order valence-corrected chi connectivity index (χ1v) is 7.09. The number of nitrogens with zero attached hydrogens (tertiary/aromatic N) is 5. The van der Waals surface area contributed by atoms with Gasteiger partial charge in [-0.3, -0.25) is 0 Å². The largest absolute Gasteiger partial charge is 0.359 e. The number of anilines is 1. The molecule has 114 valence electrons. The third-order valence-corrected chi connectivity index (χ3v) is 3.20. The molecule has 0 saturated carbocycles. The minimum Gasteiger partial charge on any atom is -0.359 e. The average Bonchev–Trinajstić information content (AvgIpc) is 3.05. The number of nitriles is 1. The molecule has 0 aliphatic rings. The molecule has 3 rings (SSSR count). The molecule has 23 heavy (non-hydrogen) atoms. The van der Waals surface area contributed by atoms with Gasteiger partial charge in [0, 0.05) is 0 Å². The summed E-state index contributed by atoms with van der Waals surface area (Å²) in [7, 11) is 0. The number of hydrogen-bond donors (Lipinski definition) is 1. The first kappa shape index (κ1) is 14.7. The fourth-order valence-corrected chi connectivity index (χ4v) is 2.03. The third-order valence-electron chi connectivity index (χ3n) is 3.20. The normalized spacial score (nSPS) is 11.7. The maximum absolute atomic E-state index is 8.71. The fraction of sp³-hybridized carbons (Fsp3) is 0.188. The van der Waals surface area contributed by atoms with Gasteiger partial charge in [0.05, 0.1) is 24.9 Å². The molecule has 2 heterocycles. The van der Waals surface area contributed by atoms with E-state index in [0.717, 1.165) is 5.56 Å². The van der Waals surface area contributed by atoms with E-state index in [2.05, 4.69) is 25.4 Å². The molecule has 1 atom stereocenters. The Morgan fingerprint density at radius 1 is 1.22 bits per heavy atom. The van der Waals surface area contributed by atoms with E-state index in [0.29, 0.717) is 24.0 Å². The highest BCUT2D eigenvalue weighted by Crippen LogP contribution is 2.16. The van der Waals surface area contributed by atoms with Crippen LogP contribution in [0.4, 0.5) is 5.82 Å². The van der Waals surface area contributed by atoms with Crippen molar-refractivity contribution < 1.29 is 4.52 Å². The van der Waals surface area contributed by atoms with Gasteiger partial charge in [0.1, 0.15) is 11.9 Å². The number of aromatic nitrogens is 4. The second-order valence-electron chi connectivity index (χ2n) is 4.97. The lowest BCUT2D eigenvalue weighted by Gasteiger charge is -2.09. The lowest BCUT2D eigenvalue weighted by Crippen LogP contribution is -2.10. The van der Waals surface area contributed by atoms with Crippen LogP contribution in [0.2, 0.25) is 0 Å². The molecule has 0 saturated heterocycles. The lowest BCUT2D eigenvalue weighted by molar-refractivity contribution is 0.377. The summed E-state index contributed by atoms with van der Waals surface area (Å²) in [6.45, 7) is 1.90. The molecular formula is C16H14N6O. The van der Waals surface area contributed by atoms with Crippen LogP contribution in [0.3, 0.4) is 0 Å². The molecule has 7 heteroatoms. The van der Waals surface area contributed by atoms with Crippen molar-refractivity contribution >= 4 is 5.82 Å². The van der Waals surface area contributed by atoms with Crippen molar-refractivity contribution in [2.24, 2.45) is 0 Å². The maximum atomic E-state index is 8.71. The highest BCUT2D eigenvalue weighted by molar-refractivity contribution is 5.35. The van der Waals surface area contributed by atoms with Gasteiger partial charge in [-0.1, -0.05) is 35.5 Å². The van der Waals surface area contributed by atoms with E-state index in [-0.39, 0.29) is 11.7 Å². The van der Waals surface area contributed by atoms with Crippen LogP contribution in [0.15, 0.2) is 47.2 Å². The molecule has 0 aliphatic carbocycles. The van der Waals surface area contributed by atoms with E-state index >= 15 is 0 Å². The minimum absolute atomic E-state index is 0.189. The summed E-state index contributed by atoms with van der Waals surface area (Å²) in [6, 6.07) is 11.7. The third kappa shape index (κ3) is 3.68. The minimum atomic E-state index is -0.189. The van der Waals surface area contributed by atoms with Crippen LogP contribution in [-0.4, -0.2) is 20.1 Å². The van der Waals surface area contributed by atoms with E-state index in [1.165, 1.54) is 12.4 Å². The van der Waals surface area contributed by atoms with Crippen LogP contribution in [0.1, 0.15) is 35.9 Å². The molecule has 2 aromatic heterocycles. The summed E-state index contributed by atoms with van der Waals surface area (Å²) in [5.41, 5.74) is 1.38. The van der Waals surface area contributed by atoms with Gasteiger partial charge in [-0.25, -0.2) is 9.97 Å². The van der Waals surface area contributed by atoms with Crippen LogP contribution in [0, 0.1) is 11.3 Å². The van der Waals surface area contributed by atoms with Gasteiger partial charge >= 0.3 is 0 Å². The Hall–Kier alpha value is -3.27. The van der Waals surface area contributed by atoms with Gasteiger partial charge < -0.3 is 9.84 Å². The summed E-state index contributed by atoms with van der Waals surface area (Å²) in [6.07, 6.45) is 3.50. The smallest absolute Gasteiger partial charge is 0.231 e. The van der Waals surface area contributed by atoms with Crippen LogP contribution >= 0.6 is 0 Å². The second-order valence-corrected chi connectivity index (χ2v) is 4.97. The monoisotopic (exact) mass is 306 g/mol. The maximum Gasteiger partial charge on any atom is 0.231 e. The molecule has 1 N–H and O–H groups in total. The van der Waals surface area contributed by atoms with Gasteiger partial charge in [0.25, 0.3) is 0 Å². The zero-order valence-electron chi connectivity index (χ0n) is 12.5. The van der Waals surface area contributed by atoms with Gasteiger partial charge in [0.2, 0.25) is 5.89 Å². The highest BCUT2D eigenvalue weighted by Gasteiger charge is 2.14. The Labute approximate surface area is 133 Å². The molecule has 0 radical (unpaired) electrons. The van der Waals surface area contributed by atoms with Crippen LogP contribution in [0.5, 0.6) is 0 Å². The predicted molar refractivity (Wildman–Crippen MR) is 82.3 cm³/mol. The number of hydrogen-bond acceptors (Lipinski definition) is 7. The predicted octanol–water partition coefficient (Wildman–Crippen LogP) is 2.50. The Kier molecular flexibility index (Phi) is 4.25. The SMILES string of the molecule is CC(Nc1cnc(C#N)cn1)c1noc(Cc2ccccc2)n1. The molecule has 3 aromatic rings. The fourth-order valence-electron chi connectivity index (χ4n) is 2.03. The first-order valence-electron chi connectivity index (χ1n) is 7.09. The standard InChI is InChI=1S/C16H14N6O/c1-11(20-14-10-18-13(8-17)9-19-14)16-21-15(23-22-16)7-12-5-3-2-4-6-12/h2-6,9-11H,7H2,1H3,(H,19,20). The molecule has 1 aromatic carbocycles. The number of benzene rings is 1. The van der Waals surface area contributed by atoms with Crippen molar-refractivity contribution in [2.45, 2.75) is 19.4 Å². The summed E-state index contributed by atoms with van der Waals surface area (Å²) < 4.78 is 5.28. The van der Waals surface area contributed by atoms with Crippen LogP contribution in [-0.2, 0) is 6.42 Å². The summed E-state index contributed by atoms with van der Waals surface area (Å²) >= 11 is 0. The van der Waals surface area contributed by atoms with E-state index in [1.54, 1.807) is 0 Å². The molecule has 0 spiro atoms. The second kappa shape index (κ2) is 6.66. The van der Waals surface area contributed by atoms with Crippen molar-refractivity contribution in [1.29, 1.82) is 5.26 Å². The molecule has 1 unspecified atom stereocenters. The highest BCUT2D eigenvalue weighted by atomic mass is 16.5. The van der Waals surface area contributed by atoms with E-state index in [4.69, 9.17) is 9.78 Å².